The van der Waals surface area contributed by atoms with Crippen molar-refractivity contribution in [3.05, 3.63) is 45.9 Å². The van der Waals surface area contributed by atoms with Gasteiger partial charge < -0.3 is 9.47 Å². The molecule has 0 atom stereocenters. The highest BCUT2D eigenvalue weighted by Gasteiger charge is 2.31. The van der Waals surface area contributed by atoms with E-state index in [1.165, 1.54) is 30.0 Å². The third-order valence-corrected chi connectivity index (χ3v) is 5.97. The molecule has 1 aliphatic rings. The summed E-state index contributed by atoms with van der Waals surface area (Å²) in [6.07, 6.45) is 2.55. The summed E-state index contributed by atoms with van der Waals surface area (Å²) in [4.78, 5) is 14.6. The van der Waals surface area contributed by atoms with Crippen LogP contribution >= 0.6 is 23.4 Å². The van der Waals surface area contributed by atoms with E-state index in [0.29, 0.717) is 31.0 Å². The van der Waals surface area contributed by atoms with Crippen molar-refractivity contribution >= 4 is 29.3 Å². The summed E-state index contributed by atoms with van der Waals surface area (Å²) in [7, 11) is 3.76. The van der Waals surface area contributed by atoms with Gasteiger partial charge in [-0.05, 0) is 18.4 Å². The highest BCUT2D eigenvalue weighted by Crippen LogP contribution is 2.31. The first-order valence-corrected chi connectivity index (χ1v) is 10.2. The topological polar surface area (TPSA) is 68.8 Å². The number of hydrogen-bond donors (Lipinski definition) is 0. The maximum atomic E-state index is 14.2. The van der Waals surface area contributed by atoms with Gasteiger partial charge in [0, 0.05) is 38.3 Å². The molecule has 0 saturated carbocycles. The van der Waals surface area contributed by atoms with Crippen molar-refractivity contribution in [1.82, 2.24) is 29.4 Å². The molecule has 1 aliphatic heterocycles. The average molecular weight is 421 g/mol. The van der Waals surface area contributed by atoms with Crippen LogP contribution in [0.3, 0.4) is 0 Å². The smallest absolute Gasteiger partial charge is 0.258 e. The Hall–Kier alpha value is -2.39. The van der Waals surface area contributed by atoms with Crippen molar-refractivity contribution < 1.29 is 9.18 Å². The third-order valence-electron chi connectivity index (χ3n) is 4.94. The van der Waals surface area contributed by atoms with Gasteiger partial charge in [-0.1, -0.05) is 29.4 Å². The van der Waals surface area contributed by atoms with Crippen LogP contribution in [0.4, 0.5) is 4.39 Å². The summed E-state index contributed by atoms with van der Waals surface area (Å²) in [5.41, 5.74) is 2.52. The van der Waals surface area contributed by atoms with Crippen LogP contribution in [-0.4, -0.2) is 48.2 Å². The maximum Gasteiger partial charge on any atom is 0.258 e. The summed E-state index contributed by atoms with van der Waals surface area (Å²) in [5, 5.41) is 13.9. The molecule has 1 aromatic carbocycles. The van der Waals surface area contributed by atoms with Gasteiger partial charge in [-0.2, -0.15) is 5.10 Å². The number of carbonyl (C=O) groups is 1. The molecule has 0 spiro atoms. The number of amides is 1. The van der Waals surface area contributed by atoms with E-state index < -0.39 is 11.7 Å². The predicted molar refractivity (Wildman–Crippen MR) is 105 cm³/mol. The standard InChI is InChI=1S/C18H18ClFN6OS/c1-24-16(21-22-18(24)28-3)15-10-9-26(8-7-13(10)25(2)23-15)17(27)14-11(19)5-4-6-12(14)20/h4-6H,7-9H2,1-3H3. The van der Waals surface area contributed by atoms with E-state index in [0.717, 1.165) is 16.4 Å². The molecule has 1 amide bonds. The van der Waals surface area contributed by atoms with Gasteiger partial charge >= 0.3 is 0 Å². The van der Waals surface area contributed by atoms with Crippen molar-refractivity contribution in [2.75, 3.05) is 12.8 Å². The molecule has 0 N–H and O–H groups in total. The molecule has 0 radical (unpaired) electrons. The fourth-order valence-corrected chi connectivity index (χ4v) is 4.23. The Morgan fingerprint density at radius 2 is 2.07 bits per heavy atom. The molecule has 3 heterocycles. The van der Waals surface area contributed by atoms with E-state index in [1.807, 2.05) is 29.6 Å². The van der Waals surface area contributed by atoms with E-state index in [1.54, 1.807) is 4.90 Å². The molecule has 28 heavy (non-hydrogen) atoms. The van der Waals surface area contributed by atoms with Crippen molar-refractivity contribution in [3.8, 4) is 11.5 Å². The SMILES string of the molecule is CSc1nnc(-c2nn(C)c3c2CN(C(=O)c2c(F)cccc2Cl)CC3)n1C. The lowest BCUT2D eigenvalue weighted by atomic mass is 10.0. The molecule has 0 fully saturated rings. The lowest BCUT2D eigenvalue weighted by Gasteiger charge is -2.28. The number of hydrogen-bond acceptors (Lipinski definition) is 5. The van der Waals surface area contributed by atoms with E-state index in [9.17, 15) is 9.18 Å². The fraction of sp³-hybridized carbons (Fsp3) is 0.333. The lowest BCUT2D eigenvalue weighted by molar-refractivity contribution is 0.0729. The van der Waals surface area contributed by atoms with Gasteiger partial charge in [-0.3, -0.25) is 9.48 Å². The molecule has 7 nitrogen and oxygen atoms in total. The van der Waals surface area contributed by atoms with E-state index in [4.69, 9.17) is 11.6 Å². The quantitative estimate of drug-likeness (QED) is 0.609. The third kappa shape index (κ3) is 2.98. The summed E-state index contributed by atoms with van der Waals surface area (Å²) in [6.45, 7) is 0.772. The summed E-state index contributed by atoms with van der Waals surface area (Å²) in [5.74, 6) is -0.404. The van der Waals surface area contributed by atoms with Crippen LogP contribution in [0.5, 0.6) is 0 Å². The van der Waals surface area contributed by atoms with Crippen molar-refractivity contribution in [2.45, 2.75) is 18.1 Å². The number of aromatic nitrogens is 5. The Balaban J connectivity index is 1.72. The zero-order chi connectivity index (χ0) is 20.0. The maximum absolute atomic E-state index is 14.2. The van der Waals surface area contributed by atoms with Crippen LogP contribution in [0.1, 0.15) is 21.6 Å². The number of fused-ring (bicyclic) bond motifs is 1. The van der Waals surface area contributed by atoms with Crippen molar-refractivity contribution in [2.24, 2.45) is 14.1 Å². The largest absolute Gasteiger partial charge is 0.334 e. The zero-order valence-electron chi connectivity index (χ0n) is 15.6. The molecule has 146 valence electrons. The van der Waals surface area contributed by atoms with Crippen LogP contribution in [0, 0.1) is 5.82 Å². The molecular weight excluding hydrogens is 403 g/mol. The lowest BCUT2D eigenvalue weighted by Crippen LogP contribution is -2.37. The number of halogens is 2. The van der Waals surface area contributed by atoms with Crippen LogP contribution in [0.15, 0.2) is 23.4 Å². The number of benzene rings is 1. The second kappa shape index (κ2) is 7.21. The minimum atomic E-state index is -0.618. The zero-order valence-corrected chi connectivity index (χ0v) is 17.2. The first-order valence-electron chi connectivity index (χ1n) is 8.64. The van der Waals surface area contributed by atoms with Crippen LogP contribution in [0.25, 0.3) is 11.5 Å². The van der Waals surface area contributed by atoms with Gasteiger partial charge in [0.1, 0.15) is 11.5 Å². The van der Waals surface area contributed by atoms with E-state index in [2.05, 4.69) is 15.3 Å². The molecule has 4 rings (SSSR count). The van der Waals surface area contributed by atoms with Crippen LogP contribution < -0.4 is 0 Å². The van der Waals surface area contributed by atoms with Gasteiger partial charge in [-0.25, -0.2) is 4.39 Å². The first kappa shape index (κ1) is 18.9. The monoisotopic (exact) mass is 420 g/mol. The number of nitrogens with zero attached hydrogens (tertiary/aromatic N) is 6. The Labute approximate surface area is 170 Å². The highest BCUT2D eigenvalue weighted by atomic mass is 35.5. The second-order valence-electron chi connectivity index (χ2n) is 6.54. The Morgan fingerprint density at radius 1 is 1.29 bits per heavy atom. The van der Waals surface area contributed by atoms with Gasteiger partial charge in [-0.15, -0.1) is 10.2 Å². The molecule has 10 heteroatoms. The fourth-order valence-electron chi connectivity index (χ4n) is 3.50. The van der Waals surface area contributed by atoms with E-state index >= 15 is 0 Å². The summed E-state index contributed by atoms with van der Waals surface area (Å²) in [6, 6.07) is 4.25. The second-order valence-corrected chi connectivity index (χ2v) is 7.72. The highest BCUT2D eigenvalue weighted by molar-refractivity contribution is 7.98. The first-order chi connectivity index (χ1) is 13.4. The predicted octanol–water partition coefficient (Wildman–Crippen LogP) is 2.93. The van der Waals surface area contributed by atoms with Gasteiger partial charge in [0.15, 0.2) is 11.0 Å². The van der Waals surface area contributed by atoms with Crippen LogP contribution in [0.2, 0.25) is 5.02 Å². The number of thioether (sulfide) groups is 1. The van der Waals surface area contributed by atoms with Crippen molar-refractivity contribution in [1.29, 1.82) is 0 Å². The Bertz CT molecular complexity index is 1060. The molecule has 0 bridgehead atoms. The minimum Gasteiger partial charge on any atom is -0.334 e. The number of rotatable bonds is 3. The van der Waals surface area contributed by atoms with Crippen molar-refractivity contribution in [3.63, 3.8) is 0 Å². The Morgan fingerprint density at radius 3 is 2.75 bits per heavy atom. The molecule has 0 saturated heterocycles. The minimum absolute atomic E-state index is 0.0959. The number of carbonyl (C=O) groups excluding carboxylic acids is 1. The molecule has 0 aliphatic carbocycles. The van der Waals surface area contributed by atoms with E-state index in [-0.39, 0.29) is 10.6 Å². The van der Waals surface area contributed by atoms with Gasteiger partial charge in [0.05, 0.1) is 17.1 Å². The number of aryl methyl sites for hydroxylation is 1. The normalized spacial score (nSPS) is 13.7. The van der Waals surface area contributed by atoms with Crippen LogP contribution in [-0.2, 0) is 27.1 Å². The molecule has 2 aromatic heterocycles. The molecule has 0 unspecified atom stereocenters. The van der Waals surface area contributed by atoms with Gasteiger partial charge in [0.2, 0.25) is 0 Å². The Kier molecular flexibility index (Phi) is 4.88. The molecule has 3 aromatic rings. The summed E-state index contributed by atoms with van der Waals surface area (Å²) < 4.78 is 17.9. The molecular formula is C18H18ClFN6OS. The van der Waals surface area contributed by atoms with Gasteiger partial charge in [0.25, 0.3) is 5.91 Å². The summed E-state index contributed by atoms with van der Waals surface area (Å²) >= 11 is 7.58. The average Bonchev–Trinajstić information content (AvgIpc) is 3.20.